The van der Waals surface area contributed by atoms with Gasteiger partial charge in [0.15, 0.2) is 11.5 Å². The first-order valence-corrected chi connectivity index (χ1v) is 9.87. The molecule has 2 aromatic heterocycles. The maximum absolute atomic E-state index is 12.7. The molecule has 11 heteroatoms. The van der Waals surface area contributed by atoms with Gasteiger partial charge in [0.2, 0.25) is 11.9 Å². The van der Waals surface area contributed by atoms with E-state index in [4.69, 9.17) is 0 Å². The molecular weight excluding hydrogens is 423 g/mol. The van der Waals surface area contributed by atoms with Crippen LogP contribution >= 0.6 is 0 Å². The predicted molar refractivity (Wildman–Crippen MR) is 114 cm³/mol. The molecule has 0 fully saturated rings. The van der Waals surface area contributed by atoms with Crippen LogP contribution < -0.4 is 15.5 Å². The van der Waals surface area contributed by atoms with Crippen molar-refractivity contribution < 1.29 is 18.0 Å². The molecule has 3 aromatic rings. The van der Waals surface area contributed by atoms with Crippen LogP contribution in [-0.4, -0.2) is 38.2 Å². The minimum atomic E-state index is -4.48. The largest absolute Gasteiger partial charge is 0.435 e. The molecule has 0 atom stereocenters. The van der Waals surface area contributed by atoms with E-state index in [0.29, 0.717) is 35.4 Å². The molecule has 0 bridgehead atoms. The fraction of sp³-hybridized carbons (Fsp3) is 0.333. The molecule has 1 aromatic carbocycles. The van der Waals surface area contributed by atoms with Crippen molar-refractivity contribution in [3.05, 3.63) is 53.5 Å². The molecule has 0 saturated carbocycles. The number of carbonyl (C=O) groups excluding carboxylic acids is 1. The van der Waals surface area contributed by atoms with Gasteiger partial charge in [-0.25, -0.2) is 9.67 Å². The highest BCUT2D eigenvalue weighted by Crippen LogP contribution is 2.36. The van der Waals surface area contributed by atoms with Crippen molar-refractivity contribution in [2.45, 2.75) is 39.0 Å². The van der Waals surface area contributed by atoms with Crippen molar-refractivity contribution >= 4 is 23.4 Å². The van der Waals surface area contributed by atoms with Gasteiger partial charge in [0, 0.05) is 19.8 Å². The number of carbonyl (C=O) groups is 1. The number of aryl methyl sites for hydroxylation is 1. The number of amides is 1. The maximum Gasteiger partial charge on any atom is 0.435 e. The van der Waals surface area contributed by atoms with Crippen LogP contribution in [0.5, 0.6) is 0 Å². The second kappa shape index (κ2) is 7.50. The lowest BCUT2D eigenvalue weighted by Crippen LogP contribution is -2.54. The molecule has 4 rings (SSSR count). The molecule has 168 valence electrons. The summed E-state index contributed by atoms with van der Waals surface area (Å²) in [4.78, 5) is 23.1. The summed E-state index contributed by atoms with van der Waals surface area (Å²) in [7, 11) is 1.81. The Hall–Kier alpha value is -3.63. The smallest absolute Gasteiger partial charge is 0.350 e. The Balaban J connectivity index is 1.49. The molecule has 1 amide bonds. The van der Waals surface area contributed by atoms with Gasteiger partial charge < -0.3 is 15.5 Å². The number of anilines is 3. The lowest BCUT2D eigenvalue weighted by Gasteiger charge is -2.40. The topological polar surface area (TPSA) is 88.0 Å². The Morgan fingerprint density at radius 1 is 1.12 bits per heavy atom. The highest BCUT2D eigenvalue weighted by Gasteiger charge is 2.40. The van der Waals surface area contributed by atoms with Crippen LogP contribution in [0.15, 0.2) is 36.5 Å². The Kier molecular flexibility index (Phi) is 5.06. The van der Waals surface area contributed by atoms with Crippen molar-refractivity contribution in [2.75, 3.05) is 22.6 Å². The van der Waals surface area contributed by atoms with E-state index < -0.39 is 17.4 Å². The van der Waals surface area contributed by atoms with Gasteiger partial charge in [-0.1, -0.05) is 12.1 Å². The molecule has 3 heterocycles. The summed E-state index contributed by atoms with van der Waals surface area (Å²) in [6, 6.07) is 7.89. The number of halogens is 3. The SMILES string of the molecule is Cc1nc(NCc2ccc(-n3ccc(C(F)(F)F)n3)cc2)nc2c1NC(=O)C(C)(C)N2C. The third-order valence-electron chi connectivity index (χ3n) is 5.55. The molecule has 2 N–H and O–H groups in total. The molecule has 1 aliphatic rings. The van der Waals surface area contributed by atoms with Gasteiger partial charge in [-0.2, -0.15) is 23.3 Å². The summed E-state index contributed by atoms with van der Waals surface area (Å²) in [5.41, 5.74) is 0.946. The van der Waals surface area contributed by atoms with E-state index in [9.17, 15) is 18.0 Å². The second-order valence-electron chi connectivity index (χ2n) is 8.07. The molecular formula is C21H22F3N7O. The molecule has 8 nitrogen and oxygen atoms in total. The number of aromatic nitrogens is 4. The van der Waals surface area contributed by atoms with E-state index in [0.717, 1.165) is 11.6 Å². The van der Waals surface area contributed by atoms with Crippen molar-refractivity contribution in [1.29, 1.82) is 0 Å². The van der Waals surface area contributed by atoms with E-state index in [1.54, 1.807) is 31.2 Å². The molecule has 0 saturated heterocycles. The average Bonchev–Trinajstić information content (AvgIpc) is 3.23. The molecule has 0 spiro atoms. The molecule has 32 heavy (non-hydrogen) atoms. The van der Waals surface area contributed by atoms with Crippen LogP contribution in [0.1, 0.15) is 30.8 Å². The Bertz CT molecular complexity index is 1170. The minimum absolute atomic E-state index is 0.125. The van der Waals surface area contributed by atoms with Crippen LogP contribution in [0.4, 0.5) is 30.6 Å². The molecule has 0 unspecified atom stereocenters. The fourth-order valence-corrected chi connectivity index (χ4v) is 3.28. The number of nitrogens with zero attached hydrogens (tertiary/aromatic N) is 5. The third-order valence-corrected chi connectivity index (χ3v) is 5.55. The summed E-state index contributed by atoms with van der Waals surface area (Å²) in [6.45, 7) is 5.83. The first-order valence-electron chi connectivity index (χ1n) is 9.87. The van der Waals surface area contributed by atoms with Gasteiger partial charge in [0.25, 0.3) is 0 Å². The minimum Gasteiger partial charge on any atom is -0.350 e. The normalized spacial score (nSPS) is 15.3. The zero-order chi connectivity index (χ0) is 23.3. The van der Waals surface area contributed by atoms with Gasteiger partial charge in [-0.05, 0) is 44.5 Å². The number of nitrogens with one attached hydrogen (secondary N) is 2. The summed E-state index contributed by atoms with van der Waals surface area (Å²) in [6.07, 6.45) is -3.20. The van der Waals surface area contributed by atoms with Gasteiger partial charge in [0.05, 0.1) is 11.4 Å². The van der Waals surface area contributed by atoms with Gasteiger partial charge in [-0.15, -0.1) is 0 Å². The number of benzene rings is 1. The number of alkyl halides is 3. The predicted octanol–water partition coefficient (Wildman–Crippen LogP) is 3.77. The van der Waals surface area contributed by atoms with Crippen LogP contribution in [0, 0.1) is 6.92 Å². The van der Waals surface area contributed by atoms with Crippen LogP contribution in [0.25, 0.3) is 5.69 Å². The molecule has 1 aliphatic heterocycles. The first kappa shape index (κ1) is 21.6. The second-order valence-corrected chi connectivity index (χ2v) is 8.07. The maximum atomic E-state index is 12.7. The Labute approximate surface area is 182 Å². The van der Waals surface area contributed by atoms with Crippen molar-refractivity contribution in [1.82, 2.24) is 19.7 Å². The van der Waals surface area contributed by atoms with Crippen LogP contribution in [0.3, 0.4) is 0 Å². The van der Waals surface area contributed by atoms with Crippen LogP contribution in [-0.2, 0) is 17.5 Å². The first-order chi connectivity index (χ1) is 15.0. The van der Waals surface area contributed by atoms with Crippen molar-refractivity contribution in [3.63, 3.8) is 0 Å². The summed E-state index contributed by atoms with van der Waals surface area (Å²) < 4.78 is 39.4. The Morgan fingerprint density at radius 2 is 1.81 bits per heavy atom. The lowest BCUT2D eigenvalue weighted by molar-refractivity contribution is -0.141. The lowest BCUT2D eigenvalue weighted by atomic mass is 9.99. The quantitative estimate of drug-likeness (QED) is 0.636. The number of rotatable bonds is 4. The number of hydrogen-bond donors (Lipinski definition) is 2. The van der Waals surface area contributed by atoms with E-state index >= 15 is 0 Å². The monoisotopic (exact) mass is 445 g/mol. The van der Waals surface area contributed by atoms with E-state index in [1.807, 2.05) is 25.8 Å². The number of fused-ring (bicyclic) bond motifs is 1. The zero-order valence-corrected chi connectivity index (χ0v) is 17.9. The highest BCUT2D eigenvalue weighted by molar-refractivity contribution is 6.05. The number of likely N-dealkylation sites (N-methyl/N-ethyl adjacent to an activating group) is 1. The summed E-state index contributed by atoms with van der Waals surface area (Å²) >= 11 is 0. The van der Waals surface area contributed by atoms with Crippen molar-refractivity contribution in [2.24, 2.45) is 0 Å². The molecule has 0 aliphatic carbocycles. The van der Waals surface area contributed by atoms with E-state index in [1.165, 1.54) is 10.9 Å². The van der Waals surface area contributed by atoms with Gasteiger partial charge >= 0.3 is 6.18 Å². The van der Waals surface area contributed by atoms with E-state index in [-0.39, 0.29) is 5.91 Å². The highest BCUT2D eigenvalue weighted by atomic mass is 19.4. The number of hydrogen-bond acceptors (Lipinski definition) is 6. The van der Waals surface area contributed by atoms with Crippen molar-refractivity contribution in [3.8, 4) is 5.69 Å². The standard InChI is InChI=1S/C21H22F3N7O/c1-12-16-17(30(4)20(2,3)18(32)27-16)28-19(26-12)25-11-13-5-7-14(8-6-13)31-10-9-15(29-31)21(22,23)24/h5-10H,11H2,1-4H3,(H,27,32)(H,25,26,28). The third kappa shape index (κ3) is 3.85. The fourth-order valence-electron chi connectivity index (χ4n) is 3.28. The van der Waals surface area contributed by atoms with Crippen LogP contribution in [0.2, 0.25) is 0 Å². The van der Waals surface area contributed by atoms with Gasteiger partial charge in [-0.3, -0.25) is 4.79 Å². The average molecular weight is 445 g/mol. The summed E-state index contributed by atoms with van der Waals surface area (Å²) in [5.74, 6) is 0.907. The van der Waals surface area contributed by atoms with E-state index in [2.05, 4.69) is 25.7 Å². The van der Waals surface area contributed by atoms with Gasteiger partial charge in [0.1, 0.15) is 11.2 Å². The molecule has 0 radical (unpaired) electrons. The zero-order valence-electron chi connectivity index (χ0n) is 17.9. The Morgan fingerprint density at radius 3 is 2.44 bits per heavy atom. The summed E-state index contributed by atoms with van der Waals surface area (Å²) in [5, 5.41) is 9.60.